The molecular weight excluding hydrogens is 338 g/mol. The van der Waals surface area contributed by atoms with Crippen molar-refractivity contribution in [3.63, 3.8) is 0 Å². The SMILES string of the molecule is C=CCCOCCNS(=O)(=O)c1ccc(S(=O)(=O)Cl)cc1. The fourth-order valence-electron chi connectivity index (χ4n) is 1.38. The Kier molecular flexibility index (Phi) is 6.82. The highest BCUT2D eigenvalue weighted by molar-refractivity contribution is 8.13. The van der Waals surface area contributed by atoms with E-state index in [2.05, 4.69) is 11.3 Å². The first kappa shape index (κ1) is 18.1. The van der Waals surface area contributed by atoms with Crippen molar-refractivity contribution in [1.29, 1.82) is 0 Å². The summed E-state index contributed by atoms with van der Waals surface area (Å²) in [6.45, 7) is 4.38. The van der Waals surface area contributed by atoms with Crippen LogP contribution >= 0.6 is 10.7 Å². The van der Waals surface area contributed by atoms with Crippen LogP contribution in [0.5, 0.6) is 0 Å². The molecule has 9 heteroatoms. The summed E-state index contributed by atoms with van der Waals surface area (Å²) in [7, 11) is -2.42. The highest BCUT2D eigenvalue weighted by Gasteiger charge is 2.15. The van der Waals surface area contributed by atoms with E-state index in [0.717, 1.165) is 12.1 Å². The van der Waals surface area contributed by atoms with Crippen LogP contribution < -0.4 is 4.72 Å². The molecule has 118 valence electrons. The second-order valence-corrected chi connectivity index (χ2v) is 8.33. The molecule has 0 aromatic heterocycles. The standard InChI is InChI=1S/C12H16ClNO5S2/c1-2-3-9-19-10-8-14-21(17,18)12-6-4-11(5-7-12)20(13,15)16/h2,4-7,14H,1,3,8-10H2. The van der Waals surface area contributed by atoms with Gasteiger partial charge in [-0.1, -0.05) is 6.08 Å². The van der Waals surface area contributed by atoms with E-state index in [-0.39, 0.29) is 22.9 Å². The average molecular weight is 354 g/mol. The monoisotopic (exact) mass is 353 g/mol. The summed E-state index contributed by atoms with van der Waals surface area (Å²) < 4.78 is 53.5. The topological polar surface area (TPSA) is 89.5 Å². The molecule has 0 aliphatic carbocycles. The first-order valence-electron chi connectivity index (χ1n) is 6.00. The van der Waals surface area contributed by atoms with Crippen LogP contribution in [0.15, 0.2) is 46.7 Å². The van der Waals surface area contributed by atoms with E-state index < -0.39 is 19.1 Å². The highest BCUT2D eigenvalue weighted by Crippen LogP contribution is 2.17. The van der Waals surface area contributed by atoms with Gasteiger partial charge in [-0.05, 0) is 30.7 Å². The summed E-state index contributed by atoms with van der Waals surface area (Å²) >= 11 is 0. The van der Waals surface area contributed by atoms with Crippen molar-refractivity contribution < 1.29 is 21.6 Å². The van der Waals surface area contributed by atoms with E-state index in [1.807, 2.05) is 0 Å². The zero-order valence-corrected chi connectivity index (χ0v) is 13.5. The molecule has 0 heterocycles. The molecule has 1 N–H and O–H groups in total. The summed E-state index contributed by atoms with van der Waals surface area (Å²) in [5, 5.41) is 0. The highest BCUT2D eigenvalue weighted by atomic mass is 35.7. The maximum atomic E-state index is 11.9. The molecule has 0 bridgehead atoms. The predicted octanol–water partition coefficient (Wildman–Crippen LogP) is 1.49. The van der Waals surface area contributed by atoms with E-state index in [1.165, 1.54) is 12.1 Å². The van der Waals surface area contributed by atoms with Gasteiger partial charge in [0.2, 0.25) is 10.0 Å². The zero-order valence-electron chi connectivity index (χ0n) is 11.2. The summed E-state index contributed by atoms with van der Waals surface area (Å²) in [6.07, 6.45) is 2.40. The molecular formula is C12H16ClNO5S2. The molecule has 0 fully saturated rings. The maximum Gasteiger partial charge on any atom is 0.261 e. The molecule has 1 aromatic rings. The van der Waals surface area contributed by atoms with Crippen molar-refractivity contribution >= 4 is 29.8 Å². The third-order valence-corrected chi connectivity index (χ3v) is 5.27. The molecule has 0 radical (unpaired) electrons. The fourth-order valence-corrected chi connectivity index (χ4v) is 3.16. The number of halogens is 1. The fraction of sp³-hybridized carbons (Fsp3) is 0.333. The van der Waals surface area contributed by atoms with Gasteiger partial charge in [0.15, 0.2) is 0 Å². The largest absolute Gasteiger partial charge is 0.380 e. The average Bonchev–Trinajstić information content (AvgIpc) is 2.42. The summed E-state index contributed by atoms with van der Waals surface area (Å²) in [5.41, 5.74) is 0. The van der Waals surface area contributed by atoms with Crippen LogP contribution in [0.2, 0.25) is 0 Å². The Morgan fingerprint density at radius 1 is 1.10 bits per heavy atom. The second-order valence-electron chi connectivity index (χ2n) is 4.00. The summed E-state index contributed by atoms with van der Waals surface area (Å²) in [4.78, 5) is -0.200. The molecule has 0 atom stereocenters. The minimum Gasteiger partial charge on any atom is -0.380 e. The third kappa shape index (κ3) is 6.15. The number of ether oxygens (including phenoxy) is 1. The molecule has 1 aromatic carbocycles. The van der Waals surface area contributed by atoms with Crippen molar-refractivity contribution in [3.05, 3.63) is 36.9 Å². The molecule has 0 saturated heterocycles. The lowest BCUT2D eigenvalue weighted by atomic mass is 10.4. The van der Waals surface area contributed by atoms with Crippen molar-refractivity contribution in [2.75, 3.05) is 19.8 Å². The molecule has 0 amide bonds. The van der Waals surface area contributed by atoms with Gasteiger partial charge in [-0.2, -0.15) is 0 Å². The lowest BCUT2D eigenvalue weighted by Gasteiger charge is -2.07. The van der Waals surface area contributed by atoms with Crippen LogP contribution in [0.3, 0.4) is 0 Å². The maximum absolute atomic E-state index is 11.9. The molecule has 0 aliphatic heterocycles. The number of nitrogens with one attached hydrogen (secondary N) is 1. The van der Waals surface area contributed by atoms with E-state index in [0.29, 0.717) is 13.0 Å². The van der Waals surface area contributed by atoms with E-state index in [9.17, 15) is 16.8 Å². The predicted molar refractivity (Wildman–Crippen MR) is 80.3 cm³/mol. The van der Waals surface area contributed by atoms with Crippen LogP contribution in [-0.4, -0.2) is 36.6 Å². The number of benzene rings is 1. The van der Waals surface area contributed by atoms with Gasteiger partial charge in [-0.25, -0.2) is 21.6 Å². The quantitative estimate of drug-likeness (QED) is 0.412. The number of rotatable bonds is 9. The number of hydrogen-bond donors (Lipinski definition) is 1. The number of sulfonamides is 1. The molecule has 0 spiro atoms. The van der Waals surface area contributed by atoms with Gasteiger partial charge in [0.1, 0.15) is 0 Å². The Morgan fingerprint density at radius 3 is 2.19 bits per heavy atom. The van der Waals surface area contributed by atoms with E-state index in [1.54, 1.807) is 6.08 Å². The lowest BCUT2D eigenvalue weighted by molar-refractivity contribution is 0.144. The van der Waals surface area contributed by atoms with Crippen LogP contribution in [0, 0.1) is 0 Å². The zero-order chi connectivity index (χ0) is 15.9. The lowest BCUT2D eigenvalue weighted by Crippen LogP contribution is -2.27. The van der Waals surface area contributed by atoms with Crippen molar-refractivity contribution in [1.82, 2.24) is 4.72 Å². The van der Waals surface area contributed by atoms with E-state index in [4.69, 9.17) is 15.4 Å². The smallest absolute Gasteiger partial charge is 0.261 e. The van der Waals surface area contributed by atoms with Gasteiger partial charge in [0, 0.05) is 17.2 Å². The minimum atomic E-state index is -3.87. The van der Waals surface area contributed by atoms with Gasteiger partial charge in [-0.15, -0.1) is 6.58 Å². The Balaban J connectivity index is 2.60. The second kappa shape index (κ2) is 7.90. The summed E-state index contributed by atoms with van der Waals surface area (Å²) in [5.74, 6) is 0. The van der Waals surface area contributed by atoms with Crippen molar-refractivity contribution in [2.45, 2.75) is 16.2 Å². The van der Waals surface area contributed by atoms with Gasteiger partial charge >= 0.3 is 0 Å². The van der Waals surface area contributed by atoms with Crippen molar-refractivity contribution in [3.8, 4) is 0 Å². The minimum absolute atomic E-state index is 0.0438. The molecule has 6 nitrogen and oxygen atoms in total. The molecule has 1 rings (SSSR count). The first-order chi connectivity index (χ1) is 9.77. The van der Waals surface area contributed by atoms with Crippen LogP contribution in [0.25, 0.3) is 0 Å². The summed E-state index contributed by atoms with van der Waals surface area (Å²) in [6, 6.07) is 4.63. The molecule has 0 aliphatic rings. The van der Waals surface area contributed by atoms with Gasteiger partial charge < -0.3 is 4.74 Å². The van der Waals surface area contributed by atoms with Crippen LogP contribution in [-0.2, 0) is 23.8 Å². The number of hydrogen-bond acceptors (Lipinski definition) is 5. The Labute approximate surface area is 129 Å². The molecule has 21 heavy (non-hydrogen) atoms. The van der Waals surface area contributed by atoms with Gasteiger partial charge in [0.05, 0.1) is 23.0 Å². The van der Waals surface area contributed by atoms with E-state index >= 15 is 0 Å². The van der Waals surface area contributed by atoms with Gasteiger partial charge in [-0.3, -0.25) is 0 Å². The Bertz CT molecular complexity index is 668. The first-order valence-corrected chi connectivity index (χ1v) is 9.79. The van der Waals surface area contributed by atoms with Crippen LogP contribution in [0.1, 0.15) is 6.42 Å². The van der Waals surface area contributed by atoms with Crippen LogP contribution in [0.4, 0.5) is 0 Å². The van der Waals surface area contributed by atoms with Gasteiger partial charge in [0.25, 0.3) is 9.05 Å². The third-order valence-electron chi connectivity index (χ3n) is 2.42. The molecule has 0 unspecified atom stereocenters. The Morgan fingerprint density at radius 2 is 1.67 bits per heavy atom. The molecule has 0 saturated carbocycles. The normalized spacial score (nSPS) is 12.2. The van der Waals surface area contributed by atoms with Crippen molar-refractivity contribution in [2.24, 2.45) is 0 Å². The Hall–Kier alpha value is -0.930.